The van der Waals surface area contributed by atoms with Gasteiger partial charge >= 0.3 is 6.03 Å². The highest BCUT2D eigenvalue weighted by molar-refractivity contribution is 6.03. The largest absolute Gasteiger partial charge is 0.395 e. The molecule has 5 heteroatoms. The van der Waals surface area contributed by atoms with E-state index in [-0.39, 0.29) is 25.1 Å². The standard InChI is InChI=1S/C9H16N2O3/c1-3-4-11-8(13)7(2)10(5-6-12)9(11)14/h7,12H,3-6H2,1-2H3. The SMILES string of the molecule is CCCN1C(=O)C(C)N(CCO)C1=O. The Bertz CT molecular complexity index is 242. The third-order valence-corrected chi connectivity index (χ3v) is 2.36. The van der Waals surface area contributed by atoms with Crippen LogP contribution in [-0.2, 0) is 4.79 Å². The number of amides is 3. The highest BCUT2D eigenvalue weighted by Gasteiger charge is 2.41. The summed E-state index contributed by atoms with van der Waals surface area (Å²) in [5.74, 6) is -0.162. The van der Waals surface area contributed by atoms with E-state index in [4.69, 9.17) is 5.11 Å². The van der Waals surface area contributed by atoms with Crippen LogP contribution in [0.15, 0.2) is 0 Å². The van der Waals surface area contributed by atoms with Gasteiger partial charge in [0.25, 0.3) is 5.91 Å². The molecule has 1 atom stereocenters. The monoisotopic (exact) mass is 200 g/mol. The van der Waals surface area contributed by atoms with E-state index in [2.05, 4.69) is 0 Å². The average molecular weight is 200 g/mol. The van der Waals surface area contributed by atoms with Crippen LogP contribution >= 0.6 is 0 Å². The summed E-state index contributed by atoms with van der Waals surface area (Å²) in [7, 11) is 0. The van der Waals surface area contributed by atoms with Crippen LogP contribution in [-0.4, -0.2) is 52.6 Å². The summed E-state index contributed by atoms with van der Waals surface area (Å²) in [6.45, 7) is 4.19. The third kappa shape index (κ3) is 1.72. The average Bonchev–Trinajstić information content (AvgIpc) is 2.36. The van der Waals surface area contributed by atoms with Crippen LogP contribution in [0.3, 0.4) is 0 Å². The molecule has 3 amide bonds. The summed E-state index contributed by atoms with van der Waals surface area (Å²) in [5, 5.41) is 8.74. The molecular formula is C9H16N2O3. The number of β-amino-alcohol motifs (C(OH)–C–C–N with tert-alkyl or cyclic N) is 1. The zero-order valence-electron chi connectivity index (χ0n) is 8.56. The van der Waals surface area contributed by atoms with Crippen molar-refractivity contribution < 1.29 is 14.7 Å². The molecule has 1 rings (SSSR count). The van der Waals surface area contributed by atoms with Crippen LogP contribution in [0.25, 0.3) is 0 Å². The van der Waals surface area contributed by atoms with Crippen molar-refractivity contribution in [2.75, 3.05) is 19.7 Å². The van der Waals surface area contributed by atoms with Gasteiger partial charge in [0.15, 0.2) is 0 Å². The second-order valence-electron chi connectivity index (χ2n) is 3.37. The van der Waals surface area contributed by atoms with Crippen molar-refractivity contribution >= 4 is 11.9 Å². The van der Waals surface area contributed by atoms with Crippen molar-refractivity contribution in [1.29, 1.82) is 0 Å². The lowest BCUT2D eigenvalue weighted by atomic mass is 10.3. The van der Waals surface area contributed by atoms with E-state index < -0.39 is 6.04 Å². The zero-order valence-corrected chi connectivity index (χ0v) is 8.56. The van der Waals surface area contributed by atoms with Crippen molar-refractivity contribution in [3.05, 3.63) is 0 Å². The van der Waals surface area contributed by atoms with Gasteiger partial charge in [0.2, 0.25) is 0 Å². The third-order valence-electron chi connectivity index (χ3n) is 2.36. The summed E-state index contributed by atoms with van der Waals surface area (Å²) in [6.07, 6.45) is 0.761. The second kappa shape index (κ2) is 4.41. The highest BCUT2D eigenvalue weighted by atomic mass is 16.3. The van der Waals surface area contributed by atoms with Gasteiger partial charge in [-0.2, -0.15) is 0 Å². The number of carbonyl (C=O) groups is 2. The molecule has 1 heterocycles. The molecule has 5 nitrogen and oxygen atoms in total. The summed E-state index contributed by atoms with van der Waals surface area (Å²) in [4.78, 5) is 25.8. The van der Waals surface area contributed by atoms with E-state index in [1.165, 1.54) is 9.80 Å². The predicted molar refractivity (Wildman–Crippen MR) is 50.7 cm³/mol. The molecule has 1 N–H and O–H groups in total. The Balaban J connectivity index is 2.74. The quantitative estimate of drug-likeness (QED) is 0.652. The molecule has 0 spiro atoms. The van der Waals surface area contributed by atoms with Gasteiger partial charge in [0.05, 0.1) is 6.61 Å². The highest BCUT2D eigenvalue weighted by Crippen LogP contribution is 2.16. The van der Waals surface area contributed by atoms with E-state index in [9.17, 15) is 9.59 Å². The molecular weight excluding hydrogens is 184 g/mol. The van der Waals surface area contributed by atoms with Gasteiger partial charge in [-0.05, 0) is 13.3 Å². The number of aliphatic hydroxyl groups is 1. The van der Waals surface area contributed by atoms with Gasteiger partial charge in [-0.25, -0.2) is 4.79 Å². The first kappa shape index (κ1) is 11.0. The fraction of sp³-hybridized carbons (Fsp3) is 0.778. The first-order valence-corrected chi connectivity index (χ1v) is 4.86. The Kier molecular flexibility index (Phi) is 3.46. The lowest BCUT2D eigenvalue weighted by molar-refractivity contribution is -0.127. The van der Waals surface area contributed by atoms with E-state index in [0.717, 1.165) is 6.42 Å². The van der Waals surface area contributed by atoms with Gasteiger partial charge in [-0.1, -0.05) is 6.92 Å². The fourth-order valence-electron chi connectivity index (χ4n) is 1.60. The number of rotatable bonds is 4. The van der Waals surface area contributed by atoms with Crippen LogP contribution in [0.1, 0.15) is 20.3 Å². The molecule has 80 valence electrons. The Morgan fingerprint density at radius 2 is 2.00 bits per heavy atom. The molecule has 0 bridgehead atoms. The maximum absolute atomic E-state index is 11.6. The number of nitrogens with zero attached hydrogens (tertiary/aromatic N) is 2. The molecule has 0 aromatic heterocycles. The maximum Gasteiger partial charge on any atom is 0.327 e. The number of carbonyl (C=O) groups excluding carboxylic acids is 2. The molecule has 0 radical (unpaired) electrons. The first-order valence-electron chi connectivity index (χ1n) is 4.86. The molecule has 1 fully saturated rings. The van der Waals surface area contributed by atoms with E-state index in [1.807, 2.05) is 6.92 Å². The van der Waals surface area contributed by atoms with Crippen LogP contribution in [0.2, 0.25) is 0 Å². The minimum absolute atomic E-state index is 0.108. The van der Waals surface area contributed by atoms with Gasteiger partial charge in [0, 0.05) is 13.1 Å². The van der Waals surface area contributed by atoms with Gasteiger partial charge in [0.1, 0.15) is 6.04 Å². The van der Waals surface area contributed by atoms with Gasteiger partial charge in [-0.3, -0.25) is 9.69 Å². The smallest absolute Gasteiger partial charge is 0.327 e. The van der Waals surface area contributed by atoms with Crippen molar-refractivity contribution in [3.8, 4) is 0 Å². The van der Waals surface area contributed by atoms with Crippen LogP contribution in [0, 0.1) is 0 Å². The summed E-state index contributed by atoms with van der Waals surface area (Å²) in [6, 6.07) is -0.709. The van der Waals surface area contributed by atoms with Crippen LogP contribution in [0.4, 0.5) is 4.79 Å². The predicted octanol–water partition coefficient (Wildman–Crippen LogP) is 0.0414. The van der Waals surface area contributed by atoms with Crippen molar-refractivity contribution in [1.82, 2.24) is 9.80 Å². The Hall–Kier alpha value is -1.10. The fourth-order valence-corrected chi connectivity index (χ4v) is 1.60. The van der Waals surface area contributed by atoms with E-state index >= 15 is 0 Å². The topological polar surface area (TPSA) is 60.9 Å². The molecule has 0 aliphatic carbocycles. The molecule has 0 aromatic rings. The number of hydrogen-bond acceptors (Lipinski definition) is 3. The molecule has 1 aliphatic rings. The lowest BCUT2D eigenvalue weighted by Crippen LogP contribution is -2.36. The molecule has 1 aliphatic heterocycles. The van der Waals surface area contributed by atoms with E-state index in [0.29, 0.717) is 6.54 Å². The number of hydrogen-bond donors (Lipinski definition) is 1. The summed E-state index contributed by atoms with van der Waals surface area (Å²) in [5.41, 5.74) is 0. The molecule has 14 heavy (non-hydrogen) atoms. The van der Waals surface area contributed by atoms with Crippen LogP contribution in [0.5, 0.6) is 0 Å². The lowest BCUT2D eigenvalue weighted by Gasteiger charge is -2.17. The van der Waals surface area contributed by atoms with E-state index in [1.54, 1.807) is 6.92 Å². The molecule has 0 aromatic carbocycles. The Morgan fingerprint density at radius 1 is 1.36 bits per heavy atom. The van der Waals surface area contributed by atoms with Crippen LogP contribution < -0.4 is 0 Å². The summed E-state index contributed by atoms with van der Waals surface area (Å²) >= 11 is 0. The maximum atomic E-state index is 11.6. The van der Waals surface area contributed by atoms with Gasteiger partial charge < -0.3 is 10.0 Å². The molecule has 0 saturated carbocycles. The zero-order chi connectivity index (χ0) is 10.7. The minimum Gasteiger partial charge on any atom is -0.395 e. The van der Waals surface area contributed by atoms with Crippen molar-refractivity contribution in [3.63, 3.8) is 0 Å². The number of urea groups is 1. The molecule has 1 saturated heterocycles. The second-order valence-corrected chi connectivity index (χ2v) is 3.37. The summed E-state index contributed by atoms with van der Waals surface area (Å²) < 4.78 is 0. The van der Waals surface area contributed by atoms with Crippen molar-refractivity contribution in [2.24, 2.45) is 0 Å². The minimum atomic E-state index is -0.429. The Morgan fingerprint density at radius 3 is 2.50 bits per heavy atom. The Labute approximate surface area is 83.3 Å². The van der Waals surface area contributed by atoms with Crippen molar-refractivity contribution in [2.45, 2.75) is 26.3 Å². The number of imide groups is 1. The number of aliphatic hydroxyl groups excluding tert-OH is 1. The first-order chi connectivity index (χ1) is 6.63. The van der Waals surface area contributed by atoms with Gasteiger partial charge in [-0.15, -0.1) is 0 Å². The normalized spacial score (nSPS) is 22.4. The molecule has 1 unspecified atom stereocenters.